The third-order valence-corrected chi connectivity index (χ3v) is 6.93. The Balaban J connectivity index is 1.96. The number of nitrogens with zero attached hydrogens (tertiary/aromatic N) is 1. The van der Waals surface area contributed by atoms with Gasteiger partial charge in [0.15, 0.2) is 0 Å². The first-order valence-electron chi connectivity index (χ1n) is 10.5. The van der Waals surface area contributed by atoms with E-state index in [-0.39, 0.29) is 0 Å². The molecule has 3 heteroatoms. The number of H-pyrrole nitrogens is 2. The number of fused-ring (bicyclic) bond motifs is 12. The molecule has 0 saturated heterocycles. The molecule has 3 aromatic heterocycles. The SMILES string of the molecule is Cc1cccc2c1[nH]c1c2c2[nH]c3c(C)cccc3c2c2c3ccccc3n(C)c12. The number of aromatic amines is 2. The summed E-state index contributed by atoms with van der Waals surface area (Å²) in [7, 11) is 2.19. The smallest absolute Gasteiger partial charge is 0.0742 e. The summed E-state index contributed by atoms with van der Waals surface area (Å²) in [6.45, 7) is 4.37. The van der Waals surface area contributed by atoms with Crippen LogP contribution in [0.3, 0.4) is 0 Å². The molecule has 7 rings (SSSR count). The van der Waals surface area contributed by atoms with Gasteiger partial charge in [0.1, 0.15) is 0 Å². The summed E-state index contributed by atoms with van der Waals surface area (Å²) in [5.41, 5.74) is 9.99. The molecule has 0 bridgehead atoms. The van der Waals surface area contributed by atoms with Crippen LogP contribution >= 0.6 is 0 Å². The molecule has 0 unspecified atom stereocenters. The topological polar surface area (TPSA) is 36.5 Å². The van der Waals surface area contributed by atoms with Gasteiger partial charge < -0.3 is 14.5 Å². The molecule has 4 aromatic carbocycles. The molecule has 0 radical (unpaired) electrons. The van der Waals surface area contributed by atoms with E-state index in [0.29, 0.717) is 0 Å². The normalized spacial score (nSPS) is 12.5. The van der Waals surface area contributed by atoms with E-state index in [1.54, 1.807) is 0 Å². The molecule has 0 fully saturated rings. The van der Waals surface area contributed by atoms with Gasteiger partial charge in [-0.1, -0.05) is 54.6 Å². The highest BCUT2D eigenvalue weighted by Crippen LogP contribution is 2.45. The van der Waals surface area contributed by atoms with E-state index in [9.17, 15) is 0 Å². The fraction of sp³-hybridized carbons (Fsp3) is 0.111. The average molecular weight is 387 g/mol. The van der Waals surface area contributed by atoms with Crippen LogP contribution < -0.4 is 0 Å². The number of para-hydroxylation sites is 3. The third-order valence-electron chi connectivity index (χ3n) is 6.93. The Labute approximate surface area is 172 Å². The molecule has 0 aliphatic heterocycles. The van der Waals surface area contributed by atoms with E-state index in [1.165, 1.54) is 76.5 Å². The molecule has 3 nitrogen and oxygen atoms in total. The molecule has 7 aromatic rings. The van der Waals surface area contributed by atoms with Crippen molar-refractivity contribution < 1.29 is 0 Å². The van der Waals surface area contributed by atoms with Crippen LogP contribution in [0.5, 0.6) is 0 Å². The number of hydrogen-bond donors (Lipinski definition) is 2. The molecular weight excluding hydrogens is 366 g/mol. The molecule has 2 N–H and O–H groups in total. The van der Waals surface area contributed by atoms with Crippen LogP contribution in [-0.2, 0) is 7.05 Å². The zero-order valence-corrected chi connectivity index (χ0v) is 17.2. The summed E-state index contributed by atoms with van der Waals surface area (Å²) in [5.74, 6) is 0. The van der Waals surface area contributed by atoms with Gasteiger partial charge in [-0.25, -0.2) is 0 Å². The van der Waals surface area contributed by atoms with E-state index in [0.717, 1.165) is 0 Å². The number of aryl methyl sites for hydroxylation is 3. The van der Waals surface area contributed by atoms with Crippen molar-refractivity contribution in [1.82, 2.24) is 14.5 Å². The minimum absolute atomic E-state index is 1.21. The Kier molecular flexibility index (Phi) is 2.82. The van der Waals surface area contributed by atoms with Crippen molar-refractivity contribution in [1.29, 1.82) is 0 Å². The van der Waals surface area contributed by atoms with Crippen molar-refractivity contribution in [3.8, 4) is 0 Å². The highest BCUT2D eigenvalue weighted by Gasteiger charge is 2.22. The van der Waals surface area contributed by atoms with Gasteiger partial charge in [0, 0.05) is 55.9 Å². The van der Waals surface area contributed by atoms with Gasteiger partial charge in [-0.2, -0.15) is 0 Å². The maximum absolute atomic E-state index is 3.82. The zero-order chi connectivity index (χ0) is 20.1. The summed E-state index contributed by atoms with van der Waals surface area (Å²) in [6.07, 6.45) is 0. The minimum atomic E-state index is 1.21. The number of rotatable bonds is 0. The van der Waals surface area contributed by atoms with Crippen molar-refractivity contribution in [2.75, 3.05) is 0 Å². The summed E-state index contributed by atoms with van der Waals surface area (Å²) in [4.78, 5) is 7.63. The van der Waals surface area contributed by atoms with Gasteiger partial charge in [-0.05, 0) is 31.0 Å². The van der Waals surface area contributed by atoms with E-state index < -0.39 is 0 Å². The quantitative estimate of drug-likeness (QED) is 0.276. The van der Waals surface area contributed by atoms with Crippen molar-refractivity contribution in [2.45, 2.75) is 13.8 Å². The zero-order valence-electron chi connectivity index (χ0n) is 17.2. The van der Waals surface area contributed by atoms with E-state index >= 15 is 0 Å². The van der Waals surface area contributed by atoms with Gasteiger partial charge in [0.05, 0.1) is 16.6 Å². The van der Waals surface area contributed by atoms with Crippen LogP contribution in [0.25, 0.3) is 65.4 Å². The molecule has 3 heterocycles. The highest BCUT2D eigenvalue weighted by molar-refractivity contribution is 6.39. The second-order valence-electron chi connectivity index (χ2n) is 8.54. The molecular formula is C27H21N3. The first-order chi connectivity index (χ1) is 14.6. The minimum Gasteiger partial charge on any atom is -0.354 e. The van der Waals surface area contributed by atoms with Gasteiger partial charge >= 0.3 is 0 Å². The predicted molar refractivity (Wildman–Crippen MR) is 129 cm³/mol. The summed E-state index contributed by atoms with van der Waals surface area (Å²) >= 11 is 0. The fourth-order valence-corrected chi connectivity index (χ4v) is 5.55. The Morgan fingerprint density at radius 3 is 1.90 bits per heavy atom. The van der Waals surface area contributed by atoms with Crippen LogP contribution in [0.1, 0.15) is 11.1 Å². The molecule has 30 heavy (non-hydrogen) atoms. The molecule has 0 saturated carbocycles. The van der Waals surface area contributed by atoms with Crippen LogP contribution in [-0.4, -0.2) is 14.5 Å². The van der Waals surface area contributed by atoms with E-state index in [1.807, 2.05) is 0 Å². The predicted octanol–water partition coefficient (Wildman–Crippen LogP) is 7.22. The Morgan fingerprint density at radius 2 is 1.17 bits per heavy atom. The molecule has 0 aliphatic rings. The van der Waals surface area contributed by atoms with Crippen LogP contribution in [0.2, 0.25) is 0 Å². The van der Waals surface area contributed by atoms with Crippen molar-refractivity contribution in [2.24, 2.45) is 7.05 Å². The second-order valence-corrected chi connectivity index (χ2v) is 8.54. The first-order valence-corrected chi connectivity index (χ1v) is 10.5. The maximum atomic E-state index is 3.82. The van der Waals surface area contributed by atoms with Crippen molar-refractivity contribution in [3.05, 3.63) is 71.8 Å². The van der Waals surface area contributed by atoms with Gasteiger partial charge in [-0.15, -0.1) is 0 Å². The van der Waals surface area contributed by atoms with Crippen molar-refractivity contribution in [3.63, 3.8) is 0 Å². The van der Waals surface area contributed by atoms with Crippen LogP contribution in [0.4, 0.5) is 0 Å². The number of benzene rings is 4. The van der Waals surface area contributed by atoms with E-state index in [4.69, 9.17) is 0 Å². The lowest BCUT2D eigenvalue weighted by molar-refractivity contribution is 1.02. The maximum Gasteiger partial charge on any atom is 0.0742 e. The number of nitrogens with one attached hydrogen (secondary N) is 2. The first kappa shape index (κ1) is 16.1. The summed E-state index contributed by atoms with van der Waals surface area (Å²) in [6, 6.07) is 22.0. The fourth-order valence-electron chi connectivity index (χ4n) is 5.55. The third kappa shape index (κ3) is 1.73. The van der Waals surface area contributed by atoms with Crippen LogP contribution in [0, 0.1) is 13.8 Å². The summed E-state index contributed by atoms with van der Waals surface area (Å²) in [5, 5.41) is 7.84. The monoisotopic (exact) mass is 387 g/mol. The summed E-state index contributed by atoms with van der Waals surface area (Å²) < 4.78 is 2.35. The molecule has 0 atom stereocenters. The Bertz CT molecular complexity index is 1820. The second kappa shape index (κ2) is 5.25. The number of hydrogen-bond acceptors (Lipinski definition) is 0. The van der Waals surface area contributed by atoms with Gasteiger partial charge in [0.2, 0.25) is 0 Å². The number of aromatic nitrogens is 3. The van der Waals surface area contributed by atoms with Crippen molar-refractivity contribution >= 4 is 65.4 Å². The molecule has 144 valence electrons. The molecule has 0 spiro atoms. The van der Waals surface area contributed by atoms with Crippen LogP contribution in [0.15, 0.2) is 60.7 Å². The molecule has 0 aliphatic carbocycles. The van der Waals surface area contributed by atoms with Gasteiger partial charge in [0.25, 0.3) is 0 Å². The van der Waals surface area contributed by atoms with Gasteiger partial charge in [-0.3, -0.25) is 0 Å². The average Bonchev–Trinajstić information content (AvgIpc) is 3.40. The Morgan fingerprint density at radius 1 is 0.567 bits per heavy atom. The lowest BCUT2D eigenvalue weighted by Gasteiger charge is -2.03. The van der Waals surface area contributed by atoms with E-state index in [2.05, 4.69) is 96.1 Å². The molecule has 0 amide bonds. The lowest BCUT2D eigenvalue weighted by Crippen LogP contribution is -1.88. The Hall–Kier alpha value is -3.72. The standard InChI is InChI=1S/C27H21N3/c1-14-8-6-11-17-20-21-16-10-4-5-13-19(16)30(3)27(21)26-22(25(20)28-23(14)17)18-12-7-9-15(2)24(18)29-26/h4-13,28-29H,1-3H3. The highest BCUT2D eigenvalue weighted by atomic mass is 15.0. The lowest BCUT2D eigenvalue weighted by atomic mass is 10.0. The largest absolute Gasteiger partial charge is 0.354 e.